The zero-order valence-corrected chi connectivity index (χ0v) is 17.3. The fourth-order valence-electron chi connectivity index (χ4n) is 4.82. The summed E-state index contributed by atoms with van der Waals surface area (Å²) in [5.41, 5.74) is 2.42. The van der Waals surface area contributed by atoms with E-state index in [0.29, 0.717) is 30.1 Å². The molecule has 1 aromatic heterocycles. The van der Waals surface area contributed by atoms with Crippen LogP contribution in [-0.2, 0) is 11.3 Å². The van der Waals surface area contributed by atoms with Gasteiger partial charge in [0, 0.05) is 38.8 Å². The average molecular weight is 408 g/mol. The molecule has 3 aliphatic rings. The molecule has 6 heteroatoms. The summed E-state index contributed by atoms with van der Waals surface area (Å²) in [4.78, 5) is 20.8. The van der Waals surface area contributed by atoms with Crippen molar-refractivity contribution in [1.29, 1.82) is 0 Å². The SMILES string of the molecule is O=C1CCCN1CC1CCCN(Cc2ccc([C@H]3COc4cccnc4O3)cc2)C1. The fourth-order valence-corrected chi connectivity index (χ4v) is 4.82. The largest absolute Gasteiger partial charge is 0.484 e. The van der Waals surface area contributed by atoms with Crippen molar-refractivity contribution in [3.63, 3.8) is 0 Å². The highest BCUT2D eigenvalue weighted by atomic mass is 16.6. The highest BCUT2D eigenvalue weighted by molar-refractivity contribution is 5.78. The number of ether oxygens (including phenoxy) is 2. The van der Waals surface area contributed by atoms with E-state index in [1.165, 1.54) is 18.4 Å². The minimum Gasteiger partial charge on any atom is -0.484 e. The van der Waals surface area contributed by atoms with Crippen molar-refractivity contribution in [1.82, 2.24) is 14.8 Å². The van der Waals surface area contributed by atoms with Gasteiger partial charge in [-0.25, -0.2) is 4.98 Å². The number of aromatic nitrogens is 1. The first kappa shape index (κ1) is 19.4. The van der Waals surface area contributed by atoms with Gasteiger partial charge in [0.15, 0.2) is 11.9 Å². The van der Waals surface area contributed by atoms with Crippen molar-refractivity contribution in [2.45, 2.75) is 38.3 Å². The van der Waals surface area contributed by atoms with Gasteiger partial charge in [0.1, 0.15) is 6.61 Å². The monoisotopic (exact) mass is 407 g/mol. The number of hydrogen-bond acceptors (Lipinski definition) is 5. The lowest BCUT2D eigenvalue weighted by Gasteiger charge is -2.34. The van der Waals surface area contributed by atoms with Gasteiger partial charge in [-0.05, 0) is 55.0 Å². The minimum atomic E-state index is -0.126. The number of hydrogen-bond donors (Lipinski definition) is 0. The quantitative estimate of drug-likeness (QED) is 0.760. The summed E-state index contributed by atoms with van der Waals surface area (Å²) in [7, 11) is 0. The normalized spacial score (nSPS) is 24.3. The molecule has 6 nitrogen and oxygen atoms in total. The summed E-state index contributed by atoms with van der Waals surface area (Å²) >= 11 is 0. The van der Waals surface area contributed by atoms with Crippen LogP contribution in [0.15, 0.2) is 42.6 Å². The number of pyridine rings is 1. The molecule has 1 unspecified atom stereocenters. The van der Waals surface area contributed by atoms with E-state index in [0.717, 1.165) is 51.1 Å². The molecule has 30 heavy (non-hydrogen) atoms. The van der Waals surface area contributed by atoms with Crippen LogP contribution in [0.4, 0.5) is 0 Å². The Bertz CT molecular complexity index is 886. The molecule has 0 bridgehead atoms. The molecule has 2 saturated heterocycles. The molecule has 2 fully saturated rings. The van der Waals surface area contributed by atoms with E-state index < -0.39 is 0 Å². The molecule has 5 rings (SSSR count). The number of nitrogens with zero attached hydrogens (tertiary/aromatic N) is 3. The summed E-state index contributed by atoms with van der Waals surface area (Å²) in [6.45, 7) is 5.55. The molecule has 3 aliphatic heterocycles. The fraction of sp³-hybridized carbons (Fsp3) is 0.500. The van der Waals surface area contributed by atoms with Gasteiger partial charge >= 0.3 is 0 Å². The predicted octanol–water partition coefficient (Wildman–Crippen LogP) is 3.43. The molecule has 1 aromatic carbocycles. The van der Waals surface area contributed by atoms with Crippen molar-refractivity contribution >= 4 is 5.91 Å². The molecule has 0 N–H and O–H groups in total. The number of carbonyl (C=O) groups excluding carboxylic acids is 1. The molecular weight excluding hydrogens is 378 g/mol. The van der Waals surface area contributed by atoms with Gasteiger partial charge in [-0.3, -0.25) is 9.69 Å². The molecule has 0 radical (unpaired) electrons. The highest BCUT2D eigenvalue weighted by Crippen LogP contribution is 2.34. The van der Waals surface area contributed by atoms with Crippen LogP contribution in [0.5, 0.6) is 11.6 Å². The zero-order chi connectivity index (χ0) is 20.3. The van der Waals surface area contributed by atoms with Crippen molar-refractivity contribution in [2.24, 2.45) is 5.92 Å². The standard InChI is InChI=1S/C24H29N3O3/c28-23-6-3-13-27(23)16-19-4-2-12-26(15-19)14-18-7-9-20(10-8-18)22-17-29-21-5-1-11-25-24(21)30-22/h1,5,7-11,19,22H,2-4,6,12-17H2/t19?,22-/m1/s1. The van der Waals surface area contributed by atoms with Gasteiger partial charge in [-0.1, -0.05) is 24.3 Å². The van der Waals surface area contributed by atoms with Crippen LogP contribution < -0.4 is 9.47 Å². The minimum absolute atomic E-state index is 0.126. The van der Waals surface area contributed by atoms with E-state index >= 15 is 0 Å². The van der Waals surface area contributed by atoms with Gasteiger partial charge < -0.3 is 14.4 Å². The van der Waals surface area contributed by atoms with Crippen LogP contribution in [0.3, 0.4) is 0 Å². The van der Waals surface area contributed by atoms with Gasteiger partial charge in [-0.15, -0.1) is 0 Å². The van der Waals surface area contributed by atoms with Gasteiger partial charge in [-0.2, -0.15) is 0 Å². The van der Waals surface area contributed by atoms with Crippen LogP contribution >= 0.6 is 0 Å². The second-order valence-corrected chi connectivity index (χ2v) is 8.65. The zero-order valence-electron chi connectivity index (χ0n) is 17.3. The maximum atomic E-state index is 11.9. The van der Waals surface area contributed by atoms with Crippen molar-refractivity contribution in [3.05, 3.63) is 53.7 Å². The van der Waals surface area contributed by atoms with E-state index in [1.807, 2.05) is 12.1 Å². The number of fused-ring (bicyclic) bond motifs is 1. The number of rotatable bonds is 5. The van der Waals surface area contributed by atoms with E-state index in [4.69, 9.17) is 9.47 Å². The predicted molar refractivity (Wildman–Crippen MR) is 113 cm³/mol. The summed E-state index contributed by atoms with van der Waals surface area (Å²) < 4.78 is 11.8. The van der Waals surface area contributed by atoms with Crippen molar-refractivity contribution in [3.8, 4) is 11.6 Å². The molecule has 0 saturated carbocycles. The number of likely N-dealkylation sites (tertiary alicyclic amines) is 2. The Kier molecular flexibility index (Phi) is 5.58. The number of piperidine rings is 1. The third-order valence-electron chi connectivity index (χ3n) is 6.39. The summed E-state index contributed by atoms with van der Waals surface area (Å²) in [6, 6.07) is 12.4. The summed E-state index contributed by atoms with van der Waals surface area (Å²) in [6.07, 6.45) is 5.80. The lowest BCUT2D eigenvalue weighted by Crippen LogP contribution is -2.41. The third kappa shape index (κ3) is 4.29. The van der Waals surface area contributed by atoms with E-state index in [9.17, 15) is 4.79 Å². The first-order valence-electron chi connectivity index (χ1n) is 11.1. The first-order chi connectivity index (χ1) is 14.7. The Morgan fingerprint density at radius 3 is 2.83 bits per heavy atom. The van der Waals surface area contributed by atoms with Crippen LogP contribution in [0, 0.1) is 5.92 Å². The number of benzene rings is 1. The maximum Gasteiger partial charge on any atom is 0.257 e. The van der Waals surface area contributed by atoms with E-state index in [2.05, 4.69) is 39.0 Å². The van der Waals surface area contributed by atoms with Crippen LogP contribution in [0.2, 0.25) is 0 Å². The molecular formula is C24H29N3O3. The third-order valence-corrected chi connectivity index (χ3v) is 6.39. The lowest BCUT2D eigenvalue weighted by atomic mass is 9.96. The van der Waals surface area contributed by atoms with E-state index in [-0.39, 0.29) is 6.10 Å². The highest BCUT2D eigenvalue weighted by Gasteiger charge is 2.27. The Morgan fingerprint density at radius 1 is 1.10 bits per heavy atom. The molecule has 1 amide bonds. The average Bonchev–Trinajstić information content (AvgIpc) is 3.18. The number of amides is 1. The van der Waals surface area contributed by atoms with Crippen molar-refractivity contribution < 1.29 is 14.3 Å². The summed E-state index contributed by atoms with van der Waals surface area (Å²) in [5.74, 6) is 2.21. The smallest absolute Gasteiger partial charge is 0.257 e. The molecule has 2 aromatic rings. The molecule has 0 spiro atoms. The van der Waals surface area contributed by atoms with E-state index in [1.54, 1.807) is 6.20 Å². The topological polar surface area (TPSA) is 54.9 Å². The lowest BCUT2D eigenvalue weighted by molar-refractivity contribution is -0.128. The second-order valence-electron chi connectivity index (χ2n) is 8.65. The summed E-state index contributed by atoms with van der Waals surface area (Å²) in [5, 5.41) is 0. The van der Waals surface area contributed by atoms with Gasteiger partial charge in [0.2, 0.25) is 5.91 Å². The van der Waals surface area contributed by atoms with Gasteiger partial charge in [0.25, 0.3) is 5.88 Å². The van der Waals surface area contributed by atoms with Crippen molar-refractivity contribution in [2.75, 3.05) is 32.8 Å². The Morgan fingerprint density at radius 2 is 2.00 bits per heavy atom. The Labute approximate surface area is 177 Å². The second kappa shape index (κ2) is 8.64. The van der Waals surface area contributed by atoms with Crippen LogP contribution in [0.1, 0.15) is 42.9 Å². The molecule has 158 valence electrons. The number of carbonyl (C=O) groups is 1. The van der Waals surface area contributed by atoms with Gasteiger partial charge in [0.05, 0.1) is 0 Å². The molecule has 4 heterocycles. The Balaban J connectivity index is 1.17. The first-order valence-corrected chi connectivity index (χ1v) is 11.1. The maximum absolute atomic E-state index is 11.9. The molecule has 2 atom stereocenters. The molecule has 0 aliphatic carbocycles. The van der Waals surface area contributed by atoms with Crippen LogP contribution in [-0.4, -0.2) is 53.5 Å². The Hall–Kier alpha value is -2.60. The van der Waals surface area contributed by atoms with Crippen LogP contribution in [0.25, 0.3) is 0 Å².